The zero-order valence-electron chi connectivity index (χ0n) is 29.0. The Labute approximate surface area is 300 Å². The van der Waals surface area contributed by atoms with Gasteiger partial charge in [-0.1, -0.05) is 55.0 Å². The number of nitrogens with zero attached hydrogens (tertiary/aromatic N) is 3. The van der Waals surface area contributed by atoms with Gasteiger partial charge in [0, 0.05) is 22.9 Å². The molecule has 1 unspecified atom stereocenters. The smallest absolute Gasteiger partial charge is 0.355 e. The number of carbonyl (C=O) groups is 2. The summed E-state index contributed by atoms with van der Waals surface area (Å²) in [7, 11) is -2.64. The van der Waals surface area contributed by atoms with Gasteiger partial charge in [0.1, 0.15) is 24.7 Å². The molecule has 1 N–H and O–H groups in total. The number of amidine groups is 1. The van der Waals surface area contributed by atoms with Crippen molar-refractivity contribution in [2.75, 3.05) is 13.7 Å². The maximum absolute atomic E-state index is 14.1. The highest BCUT2D eigenvalue weighted by Crippen LogP contribution is 2.43. The molecule has 2 aliphatic rings. The Morgan fingerprint density at radius 3 is 2.50 bits per heavy atom. The molecule has 0 saturated heterocycles. The number of aromatic nitrogens is 2. The average molecular weight is 721 g/mol. The van der Waals surface area contributed by atoms with Gasteiger partial charge in [0.25, 0.3) is 15.6 Å². The number of rotatable bonds is 9. The van der Waals surface area contributed by atoms with E-state index < -0.39 is 34.1 Å². The van der Waals surface area contributed by atoms with Crippen LogP contribution in [0.2, 0.25) is 0 Å². The molecule has 4 heterocycles. The highest BCUT2D eigenvalue weighted by atomic mass is 32.2. The summed E-state index contributed by atoms with van der Waals surface area (Å²) in [6.45, 7) is 4.60. The van der Waals surface area contributed by atoms with Crippen LogP contribution in [0, 0.1) is 6.92 Å². The van der Waals surface area contributed by atoms with Gasteiger partial charge in [-0.3, -0.25) is 14.2 Å². The third-order valence-electron chi connectivity index (χ3n) is 9.59. The lowest BCUT2D eigenvalue weighted by Gasteiger charge is -2.35. The van der Waals surface area contributed by atoms with E-state index in [0.717, 1.165) is 22.0 Å². The predicted octanol–water partition coefficient (Wildman–Crippen LogP) is 5.13. The lowest BCUT2D eigenvalue weighted by molar-refractivity contribution is -0.188. The minimum Gasteiger partial charge on any atom is -0.497 e. The van der Waals surface area contributed by atoms with Crippen LogP contribution in [-0.4, -0.2) is 49.4 Å². The second-order valence-electron chi connectivity index (χ2n) is 12.8. The Morgan fingerprint density at radius 1 is 1.06 bits per heavy atom. The van der Waals surface area contributed by atoms with E-state index in [9.17, 15) is 22.8 Å². The second-order valence-corrected chi connectivity index (χ2v) is 14.4. The summed E-state index contributed by atoms with van der Waals surface area (Å²) < 4.78 is 49.0. The normalized spacial score (nSPS) is 17.9. The van der Waals surface area contributed by atoms with E-state index in [4.69, 9.17) is 19.2 Å². The molecule has 7 rings (SSSR count). The number of fused-ring (bicyclic) bond motifs is 5. The number of cyclic esters (lactones) is 1. The number of methoxy groups -OCH3 is 1. The molecule has 3 aromatic carbocycles. The highest BCUT2D eigenvalue weighted by molar-refractivity contribution is 7.90. The zero-order valence-corrected chi connectivity index (χ0v) is 29.8. The van der Waals surface area contributed by atoms with Gasteiger partial charge >= 0.3 is 11.9 Å². The van der Waals surface area contributed by atoms with Gasteiger partial charge in [0.15, 0.2) is 0 Å². The van der Waals surface area contributed by atoms with E-state index in [-0.39, 0.29) is 52.9 Å². The number of hydrogen-bond acceptors (Lipinski definition) is 9. The quantitative estimate of drug-likeness (QED) is 0.123. The zero-order chi connectivity index (χ0) is 36.8. The molecule has 0 fully saturated rings. The highest BCUT2D eigenvalue weighted by Gasteiger charge is 2.50. The molecule has 0 spiro atoms. The number of sulfonamides is 1. The van der Waals surface area contributed by atoms with Crippen molar-refractivity contribution in [3.63, 3.8) is 0 Å². The van der Waals surface area contributed by atoms with Crippen LogP contribution in [0.3, 0.4) is 0 Å². The number of para-hydroxylation sites is 1. The lowest BCUT2D eigenvalue weighted by atomic mass is 9.85. The molecule has 2 atom stereocenters. The molecule has 0 bridgehead atoms. The predicted molar refractivity (Wildman–Crippen MR) is 194 cm³/mol. The van der Waals surface area contributed by atoms with Crippen molar-refractivity contribution in [3.05, 3.63) is 123 Å². The largest absolute Gasteiger partial charge is 0.497 e. The fourth-order valence-electron chi connectivity index (χ4n) is 6.77. The number of hydrogen-bond donors (Lipinski definition) is 1. The molecular formula is C39H36N4O8S. The van der Waals surface area contributed by atoms with E-state index >= 15 is 0 Å². The monoisotopic (exact) mass is 720 g/mol. The first-order chi connectivity index (χ1) is 24.9. The maximum atomic E-state index is 14.1. The fourth-order valence-corrected chi connectivity index (χ4v) is 7.77. The number of pyridine rings is 2. The molecule has 13 heteroatoms. The van der Waals surface area contributed by atoms with Crippen molar-refractivity contribution in [1.29, 1.82) is 0 Å². The fraction of sp³-hybridized carbons (Fsp3) is 0.256. The van der Waals surface area contributed by atoms with Gasteiger partial charge in [-0.2, -0.15) is 8.42 Å². The van der Waals surface area contributed by atoms with Crippen molar-refractivity contribution in [3.8, 4) is 17.1 Å². The molecule has 0 amide bonds. The summed E-state index contributed by atoms with van der Waals surface area (Å²) in [5.74, 6) is -1.12. The first kappa shape index (κ1) is 34.6. The van der Waals surface area contributed by atoms with E-state index in [2.05, 4.69) is 9.71 Å². The Bertz CT molecular complexity index is 2440. The number of nitrogens with one attached hydrogen (secondary N) is 1. The number of benzene rings is 3. The second kappa shape index (κ2) is 13.4. The van der Waals surface area contributed by atoms with Crippen molar-refractivity contribution in [1.82, 2.24) is 14.9 Å². The number of esters is 2. The van der Waals surface area contributed by atoms with Crippen molar-refractivity contribution in [2.24, 2.45) is 4.40 Å². The molecule has 266 valence electrons. The van der Waals surface area contributed by atoms with Gasteiger partial charge in [-0.05, 0) is 68.3 Å². The van der Waals surface area contributed by atoms with Gasteiger partial charge in [0.2, 0.25) is 5.60 Å². The summed E-state index contributed by atoms with van der Waals surface area (Å²) in [6, 6.07) is 24.2. The van der Waals surface area contributed by atoms with Crippen LogP contribution >= 0.6 is 0 Å². The topological polar surface area (TPSA) is 155 Å². The Morgan fingerprint density at radius 2 is 1.79 bits per heavy atom. The molecule has 0 radical (unpaired) electrons. The molecule has 5 aromatic rings. The molecule has 0 aliphatic carbocycles. The van der Waals surface area contributed by atoms with Gasteiger partial charge in [-0.25, -0.2) is 9.78 Å². The summed E-state index contributed by atoms with van der Waals surface area (Å²) in [5, 5.41) is 3.76. The molecule has 2 aliphatic heterocycles. The first-order valence-electron chi connectivity index (χ1n) is 16.8. The van der Waals surface area contributed by atoms with Crippen LogP contribution in [0.1, 0.15) is 54.1 Å². The standard InChI is InChI=1S/C39H36N4O8S/c1-5-39(31-20-33-36-29(19-26-8-6-7-9-32(26)41-36)24(3)43(33)37(45)30(31)22-50-38(39)46)51-35(44)21-40-34(18-25-12-14-27(49-4)15-13-25)42-52(47,48)28-16-10-23(2)11-17-28/h6-17,19-20,24H,5,18,21-22H2,1-4H3,(H,40,42)/t24?,39-/m0/s1. The van der Waals surface area contributed by atoms with Crippen molar-refractivity contribution in [2.45, 2.75) is 56.8 Å². The molecule has 52 heavy (non-hydrogen) atoms. The third kappa shape index (κ3) is 6.10. The van der Waals surface area contributed by atoms with E-state index in [1.807, 2.05) is 44.2 Å². The minimum atomic E-state index is -4.17. The molecule has 0 saturated carbocycles. The third-order valence-corrected chi connectivity index (χ3v) is 10.9. The van der Waals surface area contributed by atoms with Crippen LogP contribution in [0.15, 0.2) is 99.0 Å². The SMILES string of the molecule is CC[C@@]1(OC(=O)CN/C(Cc2ccc(OC)cc2)=N\S(=O)(=O)c2ccc(C)cc2)C(=O)OCc2c1cc1n(c2=O)C(C)c2cc3ccccc3nc2-1. The molecule has 12 nitrogen and oxygen atoms in total. The maximum Gasteiger partial charge on any atom is 0.355 e. The lowest BCUT2D eigenvalue weighted by Crippen LogP contribution is -2.49. The summed E-state index contributed by atoms with van der Waals surface area (Å²) in [4.78, 5) is 46.2. The Hall–Kier alpha value is -5.82. The van der Waals surface area contributed by atoms with Crippen LogP contribution in [0.25, 0.3) is 22.3 Å². The van der Waals surface area contributed by atoms with Crippen LogP contribution in [-0.2, 0) is 47.7 Å². The van der Waals surface area contributed by atoms with Crippen LogP contribution in [0.5, 0.6) is 5.75 Å². The van der Waals surface area contributed by atoms with Gasteiger partial charge in [-0.15, -0.1) is 4.40 Å². The molecular weight excluding hydrogens is 685 g/mol. The van der Waals surface area contributed by atoms with E-state index in [1.165, 1.54) is 19.2 Å². The van der Waals surface area contributed by atoms with Gasteiger partial charge < -0.3 is 19.5 Å². The summed E-state index contributed by atoms with van der Waals surface area (Å²) in [6.07, 6.45) is -0.00996. The van der Waals surface area contributed by atoms with Crippen LogP contribution in [0.4, 0.5) is 0 Å². The van der Waals surface area contributed by atoms with Crippen molar-refractivity contribution >= 4 is 38.7 Å². The van der Waals surface area contributed by atoms with E-state index in [0.29, 0.717) is 22.7 Å². The minimum absolute atomic E-state index is 0.0154. The first-order valence-corrected chi connectivity index (χ1v) is 18.2. The Kier molecular flexibility index (Phi) is 8.91. The number of aryl methyl sites for hydroxylation is 1. The van der Waals surface area contributed by atoms with Crippen molar-refractivity contribution < 1.29 is 32.2 Å². The number of carbonyl (C=O) groups excluding carboxylic acids is 2. The van der Waals surface area contributed by atoms with Gasteiger partial charge in [0.05, 0.1) is 40.5 Å². The summed E-state index contributed by atoms with van der Waals surface area (Å²) >= 11 is 0. The van der Waals surface area contributed by atoms with Crippen LogP contribution < -0.4 is 15.6 Å². The summed E-state index contributed by atoms with van der Waals surface area (Å²) in [5.41, 5.74) is 2.44. The average Bonchev–Trinajstić information content (AvgIpc) is 3.41. The number of ether oxygens (including phenoxy) is 3. The van der Waals surface area contributed by atoms with E-state index in [1.54, 1.807) is 54.0 Å². The molecule has 2 aromatic heterocycles. The Balaban J connectivity index is 1.21.